The molecule has 2 nitrogen and oxygen atoms in total. The van der Waals surface area contributed by atoms with Crippen molar-refractivity contribution in [3.05, 3.63) is 0 Å². The molecule has 0 saturated heterocycles. The zero-order valence-corrected chi connectivity index (χ0v) is 9.16. The van der Waals surface area contributed by atoms with Crippen LogP contribution in [0.1, 0.15) is 39.0 Å². The average molecular weight is 184 g/mol. The highest BCUT2D eigenvalue weighted by atomic mass is 14.9. The third-order valence-electron chi connectivity index (χ3n) is 3.16. The summed E-state index contributed by atoms with van der Waals surface area (Å²) in [6, 6.07) is 0. The molecule has 2 heteroatoms. The van der Waals surface area contributed by atoms with E-state index < -0.39 is 0 Å². The molecule has 0 aromatic carbocycles. The van der Waals surface area contributed by atoms with E-state index in [0.717, 1.165) is 13.1 Å². The van der Waals surface area contributed by atoms with Gasteiger partial charge in [0.2, 0.25) is 0 Å². The first-order chi connectivity index (χ1) is 6.27. The molecule has 0 bridgehead atoms. The molecule has 0 atom stereocenters. The lowest BCUT2D eigenvalue weighted by Gasteiger charge is -2.33. The van der Waals surface area contributed by atoms with Gasteiger partial charge in [-0.2, -0.15) is 0 Å². The van der Waals surface area contributed by atoms with Crippen molar-refractivity contribution in [1.29, 1.82) is 0 Å². The van der Waals surface area contributed by atoms with Crippen LogP contribution in [0, 0.1) is 5.41 Å². The number of likely N-dealkylation sites (N-methyl/N-ethyl adjacent to an activating group) is 1. The van der Waals surface area contributed by atoms with Gasteiger partial charge in [-0.05, 0) is 25.3 Å². The van der Waals surface area contributed by atoms with Gasteiger partial charge in [0, 0.05) is 19.6 Å². The molecule has 1 aliphatic rings. The van der Waals surface area contributed by atoms with Crippen LogP contribution in [0.15, 0.2) is 0 Å². The van der Waals surface area contributed by atoms with E-state index in [4.69, 9.17) is 0 Å². The molecule has 0 unspecified atom stereocenters. The Bertz CT molecular complexity index is 128. The van der Waals surface area contributed by atoms with E-state index in [1.165, 1.54) is 38.6 Å². The Morgan fingerprint density at radius 2 is 1.77 bits per heavy atom. The molecule has 1 saturated carbocycles. The summed E-state index contributed by atoms with van der Waals surface area (Å²) in [5.74, 6) is 0. The molecule has 2 N–H and O–H groups in total. The average Bonchev–Trinajstić information content (AvgIpc) is 2.14. The zero-order chi connectivity index (χ0) is 9.57. The Balaban J connectivity index is 2.10. The lowest BCUT2D eigenvalue weighted by Crippen LogP contribution is -2.36. The largest absolute Gasteiger partial charge is 0.318 e. The fraction of sp³-hybridized carbons (Fsp3) is 1.00. The van der Waals surface area contributed by atoms with Crippen molar-refractivity contribution in [3.8, 4) is 0 Å². The molecule has 78 valence electrons. The van der Waals surface area contributed by atoms with Crippen molar-refractivity contribution in [2.45, 2.75) is 39.0 Å². The van der Waals surface area contributed by atoms with Gasteiger partial charge in [0.15, 0.2) is 0 Å². The van der Waals surface area contributed by atoms with E-state index in [0.29, 0.717) is 5.41 Å². The monoisotopic (exact) mass is 184 g/mol. The van der Waals surface area contributed by atoms with Crippen LogP contribution in [-0.4, -0.2) is 26.7 Å². The summed E-state index contributed by atoms with van der Waals surface area (Å²) in [6.45, 7) is 5.81. The molecular weight excluding hydrogens is 160 g/mol. The highest BCUT2D eigenvalue weighted by molar-refractivity contribution is 4.80. The first kappa shape index (κ1) is 11.0. The molecule has 1 rings (SSSR count). The van der Waals surface area contributed by atoms with Gasteiger partial charge in [0.25, 0.3) is 0 Å². The first-order valence-electron chi connectivity index (χ1n) is 5.62. The van der Waals surface area contributed by atoms with E-state index in [2.05, 4.69) is 17.6 Å². The minimum absolute atomic E-state index is 0.589. The molecule has 1 aliphatic carbocycles. The zero-order valence-electron chi connectivity index (χ0n) is 9.16. The highest BCUT2D eigenvalue weighted by Gasteiger charge is 2.25. The molecule has 0 aromatic rings. The topological polar surface area (TPSA) is 24.1 Å². The number of hydrogen-bond acceptors (Lipinski definition) is 2. The molecule has 13 heavy (non-hydrogen) atoms. The lowest BCUT2D eigenvalue weighted by atomic mass is 9.76. The van der Waals surface area contributed by atoms with Gasteiger partial charge in [-0.1, -0.05) is 26.2 Å². The predicted octanol–water partition coefficient (Wildman–Crippen LogP) is 1.77. The van der Waals surface area contributed by atoms with E-state index in [-0.39, 0.29) is 0 Å². The van der Waals surface area contributed by atoms with Crippen molar-refractivity contribution < 1.29 is 0 Å². The van der Waals surface area contributed by atoms with Crippen LogP contribution in [0.25, 0.3) is 0 Å². The summed E-state index contributed by atoms with van der Waals surface area (Å²) >= 11 is 0. The molecule has 0 amide bonds. The van der Waals surface area contributed by atoms with Crippen LogP contribution in [0.3, 0.4) is 0 Å². The van der Waals surface area contributed by atoms with Gasteiger partial charge in [-0.3, -0.25) is 0 Å². The fourth-order valence-electron chi connectivity index (χ4n) is 2.19. The Labute approximate surface area is 82.5 Å². The van der Waals surface area contributed by atoms with Gasteiger partial charge in [-0.15, -0.1) is 0 Å². The molecule has 1 fully saturated rings. The maximum absolute atomic E-state index is 3.53. The second-order valence-electron chi connectivity index (χ2n) is 4.65. The van der Waals surface area contributed by atoms with Gasteiger partial charge in [-0.25, -0.2) is 0 Å². The van der Waals surface area contributed by atoms with Gasteiger partial charge in [0.05, 0.1) is 0 Å². The van der Waals surface area contributed by atoms with Crippen molar-refractivity contribution >= 4 is 0 Å². The van der Waals surface area contributed by atoms with Gasteiger partial charge >= 0.3 is 0 Å². The maximum atomic E-state index is 3.53. The Kier molecular flexibility index (Phi) is 4.74. The third-order valence-corrected chi connectivity index (χ3v) is 3.16. The van der Waals surface area contributed by atoms with Crippen molar-refractivity contribution in [3.63, 3.8) is 0 Å². The Morgan fingerprint density at radius 1 is 1.08 bits per heavy atom. The van der Waals surface area contributed by atoms with E-state index >= 15 is 0 Å². The quantitative estimate of drug-likeness (QED) is 0.636. The second-order valence-corrected chi connectivity index (χ2v) is 4.65. The van der Waals surface area contributed by atoms with E-state index in [9.17, 15) is 0 Å². The fourth-order valence-corrected chi connectivity index (χ4v) is 2.19. The summed E-state index contributed by atoms with van der Waals surface area (Å²) in [5.41, 5.74) is 0.589. The number of rotatable bonds is 5. The minimum atomic E-state index is 0.589. The SMILES string of the molecule is CNCCNCC1(C)CCCCC1. The van der Waals surface area contributed by atoms with E-state index in [1.807, 2.05) is 7.05 Å². The second kappa shape index (κ2) is 5.61. The van der Waals surface area contributed by atoms with Crippen LogP contribution in [-0.2, 0) is 0 Å². The maximum Gasteiger partial charge on any atom is 0.00768 e. The van der Waals surface area contributed by atoms with Crippen molar-refractivity contribution in [2.75, 3.05) is 26.7 Å². The standard InChI is InChI=1S/C11H24N2/c1-11(6-4-3-5-7-11)10-13-9-8-12-2/h12-13H,3-10H2,1-2H3. The first-order valence-corrected chi connectivity index (χ1v) is 5.62. The molecule has 0 spiro atoms. The van der Waals surface area contributed by atoms with Crippen molar-refractivity contribution in [1.82, 2.24) is 10.6 Å². The van der Waals surface area contributed by atoms with Gasteiger partial charge < -0.3 is 10.6 Å². The van der Waals surface area contributed by atoms with Crippen molar-refractivity contribution in [2.24, 2.45) is 5.41 Å². The Hall–Kier alpha value is -0.0800. The summed E-state index contributed by atoms with van der Waals surface area (Å²) in [5, 5.41) is 6.69. The Morgan fingerprint density at radius 3 is 2.38 bits per heavy atom. The third kappa shape index (κ3) is 4.10. The molecular formula is C11H24N2. The minimum Gasteiger partial charge on any atom is -0.318 e. The normalized spacial score (nSPS) is 21.7. The van der Waals surface area contributed by atoms with Crippen LogP contribution in [0.2, 0.25) is 0 Å². The van der Waals surface area contributed by atoms with Crippen LogP contribution >= 0.6 is 0 Å². The summed E-state index contributed by atoms with van der Waals surface area (Å²) in [4.78, 5) is 0. The van der Waals surface area contributed by atoms with E-state index in [1.54, 1.807) is 0 Å². The van der Waals surface area contributed by atoms with Gasteiger partial charge in [0.1, 0.15) is 0 Å². The highest BCUT2D eigenvalue weighted by Crippen LogP contribution is 2.34. The summed E-state index contributed by atoms with van der Waals surface area (Å²) < 4.78 is 0. The summed E-state index contributed by atoms with van der Waals surface area (Å²) in [6.07, 6.45) is 7.15. The number of hydrogen-bond donors (Lipinski definition) is 2. The molecule has 0 aliphatic heterocycles. The molecule has 0 heterocycles. The smallest absolute Gasteiger partial charge is 0.00768 e. The molecule has 0 radical (unpaired) electrons. The lowest BCUT2D eigenvalue weighted by molar-refractivity contribution is 0.208. The van der Waals surface area contributed by atoms with Crippen LogP contribution < -0.4 is 10.6 Å². The number of nitrogens with one attached hydrogen (secondary N) is 2. The predicted molar refractivity (Wildman–Crippen MR) is 58.0 cm³/mol. The van der Waals surface area contributed by atoms with Crippen LogP contribution in [0.5, 0.6) is 0 Å². The van der Waals surface area contributed by atoms with Crippen LogP contribution in [0.4, 0.5) is 0 Å². The summed E-state index contributed by atoms with van der Waals surface area (Å²) in [7, 11) is 2.00. The molecule has 0 aromatic heterocycles.